The fourth-order valence-corrected chi connectivity index (χ4v) is 1.51. The Hall–Kier alpha value is -1.50. The van der Waals surface area contributed by atoms with Crippen molar-refractivity contribution in [1.29, 1.82) is 0 Å². The molecule has 0 atom stereocenters. The average Bonchev–Trinajstić information content (AvgIpc) is 2.33. The van der Waals surface area contributed by atoms with Gasteiger partial charge in [-0.1, -0.05) is 37.6 Å². The molecule has 0 spiro atoms. The van der Waals surface area contributed by atoms with E-state index in [4.69, 9.17) is 4.74 Å². The molecule has 0 saturated heterocycles. The molecular formula is C15H20O. The summed E-state index contributed by atoms with van der Waals surface area (Å²) in [6.07, 6.45) is 6.49. The van der Waals surface area contributed by atoms with Gasteiger partial charge in [-0.15, -0.1) is 0 Å². The van der Waals surface area contributed by atoms with Crippen molar-refractivity contribution in [2.75, 3.05) is 0 Å². The standard InChI is InChI=1S/C13H14O.C2H6/c1-11-6-5-9-13(10-11)14-12-7-3-2-4-8-12;1-2/h2-4,7-10H,5-6H2,1H3;1-2H3. The lowest BCUT2D eigenvalue weighted by Crippen LogP contribution is -1.97. The summed E-state index contributed by atoms with van der Waals surface area (Å²) in [5, 5.41) is 0. The highest BCUT2D eigenvalue weighted by atomic mass is 16.5. The number of para-hydroxylation sites is 1. The minimum Gasteiger partial charge on any atom is -0.458 e. The molecule has 0 aromatic heterocycles. The Kier molecular flexibility index (Phi) is 5.41. The van der Waals surface area contributed by atoms with Crippen LogP contribution in [0.3, 0.4) is 0 Å². The van der Waals surface area contributed by atoms with Gasteiger partial charge in [0.1, 0.15) is 11.5 Å². The molecule has 1 heteroatoms. The Labute approximate surface area is 98.5 Å². The third-order valence-electron chi connectivity index (χ3n) is 2.25. The summed E-state index contributed by atoms with van der Waals surface area (Å²) in [5.41, 5.74) is 1.39. The molecule has 1 aliphatic rings. The van der Waals surface area contributed by atoms with Crippen LogP contribution >= 0.6 is 0 Å². The van der Waals surface area contributed by atoms with Crippen LogP contribution in [0.1, 0.15) is 33.6 Å². The second-order valence-electron chi connectivity index (χ2n) is 3.55. The Balaban J connectivity index is 0.000000606. The Bertz CT molecular complexity index is 360. The summed E-state index contributed by atoms with van der Waals surface area (Å²) in [6.45, 7) is 6.14. The summed E-state index contributed by atoms with van der Waals surface area (Å²) < 4.78 is 5.71. The molecule has 0 aliphatic heterocycles. The number of hydrogen-bond acceptors (Lipinski definition) is 1. The lowest BCUT2D eigenvalue weighted by atomic mass is 10.1. The first kappa shape index (κ1) is 12.6. The highest BCUT2D eigenvalue weighted by Crippen LogP contribution is 2.20. The monoisotopic (exact) mass is 216 g/mol. The van der Waals surface area contributed by atoms with Gasteiger partial charge in [-0.25, -0.2) is 0 Å². The zero-order valence-electron chi connectivity index (χ0n) is 10.4. The molecule has 86 valence electrons. The minimum atomic E-state index is 0.907. The molecule has 0 saturated carbocycles. The molecule has 0 radical (unpaired) electrons. The molecule has 0 amide bonds. The van der Waals surface area contributed by atoms with Gasteiger partial charge in [-0.2, -0.15) is 0 Å². The predicted molar refractivity (Wildman–Crippen MR) is 69.5 cm³/mol. The first-order chi connectivity index (χ1) is 7.84. The molecule has 0 N–H and O–H groups in total. The SMILES string of the molecule is CC.CC1=CC(Oc2ccccc2)=CCC1. The third-order valence-corrected chi connectivity index (χ3v) is 2.25. The smallest absolute Gasteiger partial charge is 0.127 e. The molecule has 0 bridgehead atoms. The van der Waals surface area contributed by atoms with Gasteiger partial charge >= 0.3 is 0 Å². The second kappa shape index (κ2) is 6.89. The summed E-state index contributed by atoms with van der Waals surface area (Å²) >= 11 is 0. The molecule has 16 heavy (non-hydrogen) atoms. The van der Waals surface area contributed by atoms with Crippen molar-refractivity contribution >= 4 is 0 Å². The maximum Gasteiger partial charge on any atom is 0.127 e. The Morgan fingerprint density at radius 2 is 1.75 bits per heavy atom. The lowest BCUT2D eigenvalue weighted by molar-refractivity contribution is 0.437. The molecule has 1 nitrogen and oxygen atoms in total. The third kappa shape index (κ3) is 3.93. The first-order valence-corrected chi connectivity index (χ1v) is 5.95. The van der Waals surface area contributed by atoms with Crippen molar-refractivity contribution in [3.05, 3.63) is 53.8 Å². The highest BCUT2D eigenvalue weighted by Gasteiger charge is 2.03. The summed E-state index contributed by atoms with van der Waals surface area (Å²) in [5.74, 6) is 1.88. The van der Waals surface area contributed by atoms with Crippen molar-refractivity contribution in [3.63, 3.8) is 0 Å². The zero-order valence-corrected chi connectivity index (χ0v) is 10.4. The predicted octanol–water partition coefficient (Wildman–Crippen LogP) is 4.72. The van der Waals surface area contributed by atoms with Crippen LogP contribution in [-0.2, 0) is 0 Å². The number of hydrogen-bond donors (Lipinski definition) is 0. The molecule has 0 heterocycles. The van der Waals surface area contributed by atoms with Gasteiger partial charge in [0, 0.05) is 0 Å². The van der Waals surface area contributed by atoms with Gasteiger partial charge in [-0.05, 0) is 44.1 Å². The van der Waals surface area contributed by atoms with Crippen molar-refractivity contribution in [1.82, 2.24) is 0 Å². The molecule has 0 fully saturated rings. The van der Waals surface area contributed by atoms with Crippen molar-refractivity contribution < 1.29 is 4.74 Å². The number of benzene rings is 1. The van der Waals surface area contributed by atoms with Crippen LogP contribution < -0.4 is 4.74 Å². The van der Waals surface area contributed by atoms with E-state index in [1.54, 1.807) is 0 Å². The fraction of sp³-hybridized carbons (Fsp3) is 0.333. The summed E-state index contributed by atoms with van der Waals surface area (Å²) in [7, 11) is 0. The van der Waals surface area contributed by atoms with Crippen molar-refractivity contribution in [2.24, 2.45) is 0 Å². The Morgan fingerprint density at radius 3 is 2.38 bits per heavy atom. The second-order valence-corrected chi connectivity index (χ2v) is 3.55. The number of ether oxygens (including phenoxy) is 1. The number of rotatable bonds is 2. The van der Waals surface area contributed by atoms with E-state index in [9.17, 15) is 0 Å². The van der Waals surface area contributed by atoms with Crippen molar-refractivity contribution in [3.8, 4) is 5.75 Å². The van der Waals surface area contributed by atoms with Crippen LogP contribution in [0.25, 0.3) is 0 Å². The van der Waals surface area contributed by atoms with Crippen molar-refractivity contribution in [2.45, 2.75) is 33.6 Å². The maximum atomic E-state index is 5.71. The van der Waals surface area contributed by atoms with Gasteiger partial charge in [0.05, 0.1) is 0 Å². The molecule has 1 aliphatic carbocycles. The Morgan fingerprint density at radius 1 is 1.06 bits per heavy atom. The van der Waals surface area contributed by atoms with Crippen LogP contribution in [0.5, 0.6) is 5.75 Å². The van der Waals surface area contributed by atoms with E-state index in [1.165, 1.54) is 5.57 Å². The zero-order chi connectivity index (χ0) is 11.8. The van der Waals surface area contributed by atoms with E-state index in [2.05, 4.69) is 19.1 Å². The van der Waals surface area contributed by atoms with E-state index in [1.807, 2.05) is 44.2 Å². The van der Waals surface area contributed by atoms with Crippen LogP contribution in [0.15, 0.2) is 53.8 Å². The maximum absolute atomic E-state index is 5.71. The van der Waals surface area contributed by atoms with E-state index < -0.39 is 0 Å². The van der Waals surface area contributed by atoms with Crippen LogP contribution in [0.4, 0.5) is 0 Å². The average molecular weight is 216 g/mol. The van der Waals surface area contributed by atoms with Gasteiger partial charge in [0.25, 0.3) is 0 Å². The first-order valence-electron chi connectivity index (χ1n) is 5.95. The lowest BCUT2D eigenvalue weighted by Gasteiger charge is -2.11. The quantitative estimate of drug-likeness (QED) is 0.695. The molecular weight excluding hydrogens is 196 g/mol. The summed E-state index contributed by atoms with van der Waals surface area (Å²) in [6, 6.07) is 9.89. The van der Waals surface area contributed by atoms with Gasteiger partial charge in [0.2, 0.25) is 0 Å². The van der Waals surface area contributed by atoms with Crippen LogP contribution in [0, 0.1) is 0 Å². The van der Waals surface area contributed by atoms with Crippen LogP contribution in [-0.4, -0.2) is 0 Å². The summed E-state index contributed by atoms with van der Waals surface area (Å²) in [4.78, 5) is 0. The molecule has 1 aromatic rings. The molecule has 1 aromatic carbocycles. The molecule has 0 unspecified atom stereocenters. The van der Waals surface area contributed by atoms with Gasteiger partial charge in [0.15, 0.2) is 0 Å². The van der Waals surface area contributed by atoms with E-state index in [0.717, 1.165) is 24.4 Å². The molecule has 2 rings (SSSR count). The largest absolute Gasteiger partial charge is 0.458 e. The van der Waals surface area contributed by atoms with E-state index >= 15 is 0 Å². The topological polar surface area (TPSA) is 9.23 Å². The van der Waals surface area contributed by atoms with Crippen LogP contribution in [0.2, 0.25) is 0 Å². The fourth-order valence-electron chi connectivity index (χ4n) is 1.51. The minimum absolute atomic E-state index is 0.907. The number of allylic oxidation sites excluding steroid dienone is 3. The van der Waals surface area contributed by atoms with E-state index in [0.29, 0.717) is 0 Å². The highest BCUT2D eigenvalue weighted by molar-refractivity contribution is 5.29. The van der Waals surface area contributed by atoms with E-state index in [-0.39, 0.29) is 0 Å². The normalized spacial score (nSPS) is 14.2. The van der Waals surface area contributed by atoms with Gasteiger partial charge in [-0.3, -0.25) is 0 Å². The van der Waals surface area contributed by atoms with Gasteiger partial charge < -0.3 is 4.74 Å².